The molecular formula is C23H25N5O5. The van der Waals surface area contributed by atoms with Crippen molar-refractivity contribution in [3.63, 3.8) is 0 Å². The number of benzene rings is 2. The van der Waals surface area contributed by atoms with Gasteiger partial charge in [-0.1, -0.05) is 18.2 Å². The number of aromatic nitrogens is 2. The summed E-state index contributed by atoms with van der Waals surface area (Å²) >= 11 is 0. The molecule has 0 spiro atoms. The molecule has 1 atom stereocenters. The lowest BCUT2D eigenvalue weighted by Gasteiger charge is -2.13. The lowest BCUT2D eigenvalue weighted by molar-refractivity contribution is -0.140. The highest BCUT2D eigenvalue weighted by atomic mass is 16.4. The number of carbonyl (C=O) groups is 3. The number of carboxylic acids is 2. The van der Waals surface area contributed by atoms with Crippen molar-refractivity contribution in [2.24, 2.45) is 0 Å². The molecule has 0 aliphatic carbocycles. The van der Waals surface area contributed by atoms with Crippen LogP contribution in [0, 0.1) is 0 Å². The van der Waals surface area contributed by atoms with E-state index in [1.54, 1.807) is 12.1 Å². The second-order valence-corrected chi connectivity index (χ2v) is 7.67. The number of aliphatic carboxylic acids is 2. The smallest absolute Gasteiger partial charge is 0.326 e. The van der Waals surface area contributed by atoms with Crippen LogP contribution in [0.1, 0.15) is 40.7 Å². The molecule has 172 valence electrons. The van der Waals surface area contributed by atoms with Gasteiger partial charge in [0.25, 0.3) is 5.91 Å². The van der Waals surface area contributed by atoms with Gasteiger partial charge >= 0.3 is 11.9 Å². The van der Waals surface area contributed by atoms with Gasteiger partial charge in [0.2, 0.25) is 5.95 Å². The Kier molecular flexibility index (Phi) is 7.39. The van der Waals surface area contributed by atoms with Gasteiger partial charge in [-0.3, -0.25) is 9.59 Å². The van der Waals surface area contributed by atoms with Crippen molar-refractivity contribution in [3.8, 4) is 0 Å². The van der Waals surface area contributed by atoms with E-state index in [-0.39, 0.29) is 18.8 Å². The van der Waals surface area contributed by atoms with E-state index >= 15 is 0 Å². The SMILES string of the molecule is Nc1nc(N)c2cc(CCCc3ccc(C(=O)N[C@@H](CCC(=O)O)C(=O)O)cc3)ccc2n1. The summed E-state index contributed by atoms with van der Waals surface area (Å²) in [6.45, 7) is 0. The van der Waals surface area contributed by atoms with Crippen LogP contribution < -0.4 is 16.8 Å². The molecule has 0 aliphatic rings. The summed E-state index contributed by atoms with van der Waals surface area (Å²) in [5.41, 5.74) is 14.7. The molecule has 3 rings (SSSR count). The predicted molar refractivity (Wildman–Crippen MR) is 123 cm³/mol. The molecule has 0 fully saturated rings. The van der Waals surface area contributed by atoms with Crippen LogP contribution in [0.3, 0.4) is 0 Å². The molecule has 0 saturated carbocycles. The van der Waals surface area contributed by atoms with Crippen molar-refractivity contribution >= 4 is 40.5 Å². The molecule has 0 bridgehead atoms. The Balaban J connectivity index is 1.55. The second-order valence-electron chi connectivity index (χ2n) is 7.67. The molecule has 0 radical (unpaired) electrons. The minimum atomic E-state index is -1.27. The highest BCUT2D eigenvalue weighted by Gasteiger charge is 2.21. The van der Waals surface area contributed by atoms with Gasteiger partial charge in [0.05, 0.1) is 5.52 Å². The lowest BCUT2D eigenvalue weighted by Crippen LogP contribution is -2.41. The minimum absolute atomic E-state index is 0.142. The summed E-state index contributed by atoms with van der Waals surface area (Å²) < 4.78 is 0. The lowest BCUT2D eigenvalue weighted by atomic mass is 10.0. The van der Waals surface area contributed by atoms with Crippen LogP contribution in [0.5, 0.6) is 0 Å². The zero-order valence-corrected chi connectivity index (χ0v) is 17.8. The summed E-state index contributed by atoms with van der Waals surface area (Å²) in [5.74, 6) is -2.46. The van der Waals surface area contributed by atoms with Crippen LogP contribution in [0.4, 0.5) is 11.8 Å². The van der Waals surface area contributed by atoms with Gasteiger partial charge in [0.15, 0.2) is 0 Å². The number of nitrogen functional groups attached to an aromatic ring is 2. The van der Waals surface area contributed by atoms with E-state index in [1.807, 2.05) is 30.3 Å². The van der Waals surface area contributed by atoms with E-state index in [1.165, 1.54) is 0 Å². The molecule has 0 saturated heterocycles. The van der Waals surface area contributed by atoms with E-state index in [0.717, 1.165) is 35.8 Å². The Morgan fingerprint density at radius 2 is 1.61 bits per heavy atom. The summed E-state index contributed by atoms with van der Waals surface area (Å²) in [4.78, 5) is 42.4. The average Bonchev–Trinajstić information content (AvgIpc) is 2.77. The third kappa shape index (κ3) is 6.39. The minimum Gasteiger partial charge on any atom is -0.481 e. The first-order valence-electron chi connectivity index (χ1n) is 10.4. The molecule has 1 aromatic heterocycles. The zero-order valence-electron chi connectivity index (χ0n) is 17.8. The number of nitrogens with zero attached hydrogens (tertiary/aromatic N) is 2. The third-order valence-corrected chi connectivity index (χ3v) is 5.20. The van der Waals surface area contributed by atoms with Gasteiger partial charge in [-0.2, -0.15) is 4.98 Å². The molecule has 1 amide bonds. The fourth-order valence-electron chi connectivity index (χ4n) is 3.46. The van der Waals surface area contributed by atoms with Gasteiger partial charge < -0.3 is 27.0 Å². The van der Waals surface area contributed by atoms with E-state index in [4.69, 9.17) is 16.6 Å². The Morgan fingerprint density at radius 3 is 2.27 bits per heavy atom. The van der Waals surface area contributed by atoms with Crippen molar-refractivity contribution in [1.82, 2.24) is 15.3 Å². The van der Waals surface area contributed by atoms with Crippen LogP contribution in [-0.2, 0) is 22.4 Å². The Labute approximate surface area is 189 Å². The van der Waals surface area contributed by atoms with Gasteiger partial charge in [0, 0.05) is 17.4 Å². The number of aryl methyl sites for hydroxylation is 2. The number of nitrogens with one attached hydrogen (secondary N) is 1. The van der Waals surface area contributed by atoms with Crippen LogP contribution in [0.2, 0.25) is 0 Å². The first-order valence-corrected chi connectivity index (χ1v) is 10.4. The number of anilines is 2. The molecule has 1 heterocycles. The van der Waals surface area contributed by atoms with Crippen LogP contribution >= 0.6 is 0 Å². The summed E-state index contributed by atoms with van der Waals surface area (Å²) in [6, 6.07) is 11.4. The highest BCUT2D eigenvalue weighted by molar-refractivity contribution is 5.96. The summed E-state index contributed by atoms with van der Waals surface area (Å²) in [5, 5.41) is 21.0. The monoisotopic (exact) mass is 451 g/mol. The van der Waals surface area contributed by atoms with E-state index in [9.17, 15) is 19.5 Å². The van der Waals surface area contributed by atoms with Crippen LogP contribution in [-0.4, -0.2) is 44.1 Å². The van der Waals surface area contributed by atoms with Crippen molar-refractivity contribution in [1.29, 1.82) is 0 Å². The maximum atomic E-state index is 12.3. The number of nitrogens with two attached hydrogens (primary N) is 2. The maximum Gasteiger partial charge on any atom is 0.326 e. The van der Waals surface area contributed by atoms with Crippen molar-refractivity contribution in [2.45, 2.75) is 38.1 Å². The number of amides is 1. The second kappa shape index (κ2) is 10.4. The van der Waals surface area contributed by atoms with Crippen molar-refractivity contribution in [3.05, 3.63) is 59.2 Å². The molecule has 10 nitrogen and oxygen atoms in total. The van der Waals surface area contributed by atoms with E-state index in [0.29, 0.717) is 16.9 Å². The van der Waals surface area contributed by atoms with Crippen molar-refractivity contribution < 1.29 is 24.6 Å². The van der Waals surface area contributed by atoms with Gasteiger partial charge in [0.1, 0.15) is 11.9 Å². The maximum absolute atomic E-state index is 12.3. The molecular weight excluding hydrogens is 426 g/mol. The number of carbonyl (C=O) groups excluding carboxylic acids is 1. The molecule has 0 aliphatic heterocycles. The molecule has 10 heteroatoms. The predicted octanol–water partition coefficient (Wildman–Crippen LogP) is 2.02. The number of carboxylic acid groups (broad SMARTS) is 2. The molecule has 3 aromatic rings. The van der Waals surface area contributed by atoms with Gasteiger partial charge in [-0.15, -0.1) is 0 Å². The third-order valence-electron chi connectivity index (χ3n) is 5.20. The van der Waals surface area contributed by atoms with Crippen LogP contribution in [0.25, 0.3) is 10.9 Å². The number of fused-ring (bicyclic) bond motifs is 1. The fraction of sp³-hybridized carbons (Fsp3) is 0.261. The zero-order chi connectivity index (χ0) is 24.0. The standard InChI is InChI=1S/C23H25N5O5/c24-20-16-12-14(6-9-17(16)27-23(25)28-20)3-1-2-13-4-7-15(8-5-13)21(31)26-18(22(32)33)10-11-19(29)30/h4-9,12,18H,1-3,10-11H2,(H,26,31)(H,29,30)(H,32,33)(H4,24,25,27,28)/t18-/m0/s1. The Hall–Kier alpha value is -4.21. The number of rotatable bonds is 10. The van der Waals surface area contributed by atoms with E-state index in [2.05, 4.69) is 15.3 Å². The first kappa shape index (κ1) is 23.5. The number of hydrogen-bond donors (Lipinski definition) is 5. The molecule has 7 N–H and O–H groups in total. The normalized spacial score (nSPS) is 11.8. The molecule has 33 heavy (non-hydrogen) atoms. The fourth-order valence-corrected chi connectivity index (χ4v) is 3.46. The molecule has 0 unspecified atom stereocenters. The quantitative estimate of drug-likeness (QED) is 0.308. The highest BCUT2D eigenvalue weighted by Crippen LogP contribution is 2.21. The van der Waals surface area contributed by atoms with Gasteiger partial charge in [-0.05, 0) is 61.1 Å². The summed E-state index contributed by atoms with van der Waals surface area (Å²) in [7, 11) is 0. The average molecular weight is 451 g/mol. The Bertz CT molecular complexity index is 1180. The summed E-state index contributed by atoms with van der Waals surface area (Å²) in [6.07, 6.45) is 1.93. The number of hydrogen-bond acceptors (Lipinski definition) is 7. The molecule has 2 aromatic carbocycles. The van der Waals surface area contributed by atoms with E-state index < -0.39 is 23.9 Å². The van der Waals surface area contributed by atoms with Crippen LogP contribution in [0.15, 0.2) is 42.5 Å². The Morgan fingerprint density at radius 1 is 0.939 bits per heavy atom. The largest absolute Gasteiger partial charge is 0.481 e. The first-order chi connectivity index (χ1) is 15.7. The topological polar surface area (TPSA) is 182 Å². The van der Waals surface area contributed by atoms with Crippen molar-refractivity contribution in [2.75, 3.05) is 11.5 Å². The van der Waals surface area contributed by atoms with Gasteiger partial charge in [-0.25, -0.2) is 9.78 Å².